The van der Waals surface area contributed by atoms with Crippen LogP contribution in [0.5, 0.6) is 0 Å². The van der Waals surface area contributed by atoms with Gasteiger partial charge in [0.05, 0.1) is 0 Å². The molecule has 2 rings (SSSR count). The maximum Gasteiger partial charge on any atom is 0.374 e. The van der Waals surface area contributed by atoms with Crippen molar-refractivity contribution in [1.82, 2.24) is 4.98 Å². The first-order valence-electron chi connectivity index (χ1n) is 5.14. The van der Waals surface area contributed by atoms with Crippen LogP contribution >= 0.6 is 15.9 Å². The van der Waals surface area contributed by atoms with Crippen LogP contribution in [0.1, 0.15) is 31.3 Å². The van der Waals surface area contributed by atoms with Crippen molar-refractivity contribution < 1.29 is 13.9 Å². The Morgan fingerprint density at radius 1 is 1.41 bits per heavy atom. The van der Waals surface area contributed by atoms with E-state index >= 15 is 0 Å². The molecule has 0 unspecified atom stereocenters. The first-order valence-corrected chi connectivity index (χ1v) is 5.94. The van der Waals surface area contributed by atoms with E-state index in [4.69, 9.17) is 9.15 Å². The van der Waals surface area contributed by atoms with E-state index in [2.05, 4.69) is 20.9 Å². The van der Waals surface area contributed by atoms with E-state index in [1.54, 1.807) is 12.1 Å². The highest BCUT2D eigenvalue weighted by molar-refractivity contribution is 9.10. The third kappa shape index (κ3) is 2.85. The van der Waals surface area contributed by atoms with Gasteiger partial charge in [-0.1, -0.05) is 0 Å². The maximum atomic E-state index is 11.8. The molecule has 0 spiro atoms. The fourth-order valence-electron chi connectivity index (χ4n) is 1.32. The van der Waals surface area contributed by atoms with E-state index in [0.717, 1.165) is 5.39 Å². The van der Waals surface area contributed by atoms with Gasteiger partial charge in [0.1, 0.15) is 10.2 Å². The minimum Gasteiger partial charge on any atom is -0.454 e. The van der Waals surface area contributed by atoms with E-state index in [0.29, 0.717) is 10.3 Å². The molecule has 0 aromatic carbocycles. The van der Waals surface area contributed by atoms with Gasteiger partial charge in [-0.25, -0.2) is 9.78 Å². The average molecular weight is 298 g/mol. The topological polar surface area (TPSA) is 52.3 Å². The standard InChI is InChI=1S/C12H12BrNO3/c1-12(2,3)17-11(15)8-6-7-4-5-9(13)14-10(7)16-8/h4-6H,1-3H3. The molecule has 2 aromatic rings. The largest absolute Gasteiger partial charge is 0.454 e. The van der Waals surface area contributed by atoms with E-state index in [9.17, 15) is 4.79 Å². The molecule has 0 amide bonds. The molecule has 0 N–H and O–H groups in total. The Labute approximate surface area is 107 Å². The van der Waals surface area contributed by atoms with Crippen LogP contribution in [0.15, 0.2) is 27.2 Å². The summed E-state index contributed by atoms with van der Waals surface area (Å²) < 4.78 is 11.2. The minimum atomic E-state index is -0.538. The fraction of sp³-hybridized carbons (Fsp3) is 0.333. The van der Waals surface area contributed by atoms with E-state index in [1.165, 1.54) is 0 Å². The molecule has 17 heavy (non-hydrogen) atoms. The van der Waals surface area contributed by atoms with E-state index in [1.807, 2.05) is 26.8 Å². The fourth-order valence-corrected chi connectivity index (χ4v) is 1.62. The van der Waals surface area contributed by atoms with Gasteiger partial charge in [-0.2, -0.15) is 0 Å². The quantitative estimate of drug-likeness (QED) is 0.597. The highest BCUT2D eigenvalue weighted by Crippen LogP contribution is 2.21. The molecule has 0 saturated carbocycles. The Hall–Kier alpha value is -1.36. The van der Waals surface area contributed by atoms with Gasteiger partial charge in [0.2, 0.25) is 11.5 Å². The van der Waals surface area contributed by atoms with Gasteiger partial charge in [0.15, 0.2) is 0 Å². The van der Waals surface area contributed by atoms with Crippen molar-refractivity contribution >= 4 is 33.0 Å². The number of ether oxygens (including phenoxy) is 1. The second-order valence-electron chi connectivity index (χ2n) is 4.64. The molecule has 2 aromatic heterocycles. The number of nitrogens with zero attached hydrogens (tertiary/aromatic N) is 1. The van der Waals surface area contributed by atoms with Gasteiger partial charge in [-0.3, -0.25) is 0 Å². The molecule has 2 heterocycles. The first-order chi connectivity index (χ1) is 7.85. The van der Waals surface area contributed by atoms with E-state index in [-0.39, 0.29) is 5.76 Å². The molecular formula is C12H12BrNO3. The SMILES string of the molecule is CC(C)(C)OC(=O)c1cc2ccc(Br)nc2o1. The average Bonchev–Trinajstić information content (AvgIpc) is 2.57. The Balaban J connectivity index is 2.33. The molecule has 0 radical (unpaired) electrons. The first kappa shape index (κ1) is 12.1. The van der Waals surface area contributed by atoms with Crippen LogP contribution in [0.4, 0.5) is 0 Å². The zero-order chi connectivity index (χ0) is 12.6. The highest BCUT2D eigenvalue weighted by atomic mass is 79.9. The summed E-state index contributed by atoms with van der Waals surface area (Å²) in [7, 11) is 0. The number of carbonyl (C=O) groups is 1. The summed E-state index contributed by atoms with van der Waals surface area (Å²) in [6, 6.07) is 5.24. The molecule has 0 atom stereocenters. The number of pyridine rings is 1. The Bertz CT molecular complexity index is 569. The second kappa shape index (κ2) is 4.14. The molecule has 0 bridgehead atoms. The second-order valence-corrected chi connectivity index (χ2v) is 5.45. The molecule has 4 nitrogen and oxygen atoms in total. The Morgan fingerprint density at radius 3 is 2.76 bits per heavy atom. The van der Waals surface area contributed by atoms with Crippen LogP contribution in [0.2, 0.25) is 0 Å². The summed E-state index contributed by atoms with van der Waals surface area (Å²) in [6.07, 6.45) is 0. The van der Waals surface area contributed by atoms with Crippen LogP contribution in [-0.4, -0.2) is 16.6 Å². The van der Waals surface area contributed by atoms with Crippen molar-refractivity contribution in [1.29, 1.82) is 0 Å². The lowest BCUT2D eigenvalue weighted by Crippen LogP contribution is -2.23. The number of fused-ring (bicyclic) bond motifs is 1. The summed E-state index contributed by atoms with van der Waals surface area (Å²) in [4.78, 5) is 15.9. The number of esters is 1. The van der Waals surface area contributed by atoms with Crippen molar-refractivity contribution in [3.63, 3.8) is 0 Å². The molecule has 0 aliphatic heterocycles. The van der Waals surface area contributed by atoms with Gasteiger partial charge in [0.25, 0.3) is 0 Å². The van der Waals surface area contributed by atoms with Crippen molar-refractivity contribution in [2.45, 2.75) is 26.4 Å². The van der Waals surface area contributed by atoms with Gasteiger partial charge < -0.3 is 9.15 Å². The van der Waals surface area contributed by atoms with Crippen molar-refractivity contribution in [3.05, 3.63) is 28.6 Å². The molecule has 5 heteroatoms. The summed E-state index contributed by atoms with van der Waals surface area (Å²) >= 11 is 3.24. The number of halogens is 1. The van der Waals surface area contributed by atoms with Gasteiger partial charge in [-0.15, -0.1) is 0 Å². The lowest BCUT2D eigenvalue weighted by Gasteiger charge is -2.18. The molecule has 0 aliphatic carbocycles. The molecule has 0 fully saturated rings. The number of aromatic nitrogens is 1. The summed E-state index contributed by atoms with van der Waals surface area (Å²) in [5, 5.41) is 0.772. The summed E-state index contributed by atoms with van der Waals surface area (Å²) in [5.74, 6) is -0.313. The summed E-state index contributed by atoms with van der Waals surface area (Å²) in [5.41, 5.74) is -0.121. The number of rotatable bonds is 1. The highest BCUT2D eigenvalue weighted by Gasteiger charge is 2.21. The lowest BCUT2D eigenvalue weighted by molar-refractivity contribution is 0.00379. The zero-order valence-corrected chi connectivity index (χ0v) is 11.4. The molecule has 90 valence electrons. The van der Waals surface area contributed by atoms with Crippen molar-refractivity contribution in [2.75, 3.05) is 0 Å². The third-order valence-corrected chi connectivity index (χ3v) is 2.39. The van der Waals surface area contributed by atoms with Crippen LogP contribution in [0, 0.1) is 0 Å². The lowest BCUT2D eigenvalue weighted by atomic mass is 10.2. The van der Waals surface area contributed by atoms with Crippen LogP contribution in [0.3, 0.4) is 0 Å². The Morgan fingerprint density at radius 2 is 2.12 bits per heavy atom. The van der Waals surface area contributed by atoms with Crippen molar-refractivity contribution in [2.24, 2.45) is 0 Å². The minimum absolute atomic E-state index is 0.167. The van der Waals surface area contributed by atoms with Gasteiger partial charge in [0, 0.05) is 11.5 Å². The monoisotopic (exact) mass is 297 g/mol. The normalized spacial score (nSPS) is 11.8. The number of carbonyl (C=O) groups excluding carboxylic acids is 1. The van der Waals surface area contributed by atoms with Crippen molar-refractivity contribution in [3.8, 4) is 0 Å². The van der Waals surface area contributed by atoms with Crippen LogP contribution in [-0.2, 0) is 4.74 Å². The Kier molecular flexibility index (Phi) is 2.95. The predicted octanol–water partition coefficient (Wildman–Crippen LogP) is 3.55. The molecule has 0 aliphatic rings. The van der Waals surface area contributed by atoms with Crippen LogP contribution in [0.25, 0.3) is 11.1 Å². The number of furan rings is 1. The zero-order valence-electron chi connectivity index (χ0n) is 9.78. The number of hydrogen-bond acceptors (Lipinski definition) is 4. The number of hydrogen-bond donors (Lipinski definition) is 0. The summed E-state index contributed by atoms with van der Waals surface area (Å²) in [6.45, 7) is 5.42. The molecule has 0 saturated heterocycles. The van der Waals surface area contributed by atoms with Crippen LogP contribution < -0.4 is 0 Å². The predicted molar refractivity (Wildman–Crippen MR) is 66.9 cm³/mol. The molecular weight excluding hydrogens is 286 g/mol. The van der Waals surface area contributed by atoms with Gasteiger partial charge in [-0.05, 0) is 48.8 Å². The third-order valence-electron chi connectivity index (χ3n) is 1.95. The smallest absolute Gasteiger partial charge is 0.374 e. The van der Waals surface area contributed by atoms with E-state index < -0.39 is 11.6 Å². The van der Waals surface area contributed by atoms with Gasteiger partial charge >= 0.3 is 5.97 Å². The maximum absolute atomic E-state index is 11.8.